The van der Waals surface area contributed by atoms with Crippen LogP contribution in [-0.4, -0.2) is 55.6 Å². The van der Waals surface area contributed by atoms with E-state index < -0.39 is 0 Å². The molecule has 2 amide bonds. The van der Waals surface area contributed by atoms with Gasteiger partial charge in [-0.05, 0) is 32.4 Å². The van der Waals surface area contributed by atoms with E-state index in [4.69, 9.17) is 10.5 Å². The summed E-state index contributed by atoms with van der Waals surface area (Å²) in [6.45, 7) is 3.57. The zero-order chi connectivity index (χ0) is 13.7. The van der Waals surface area contributed by atoms with E-state index in [-0.39, 0.29) is 23.8 Å². The van der Waals surface area contributed by atoms with Crippen LogP contribution in [0.2, 0.25) is 0 Å². The summed E-state index contributed by atoms with van der Waals surface area (Å²) >= 11 is 0. The summed E-state index contributed by atoms with van der Waals surface area (Å²) < 4.78 is 5.71. The maximum absolute atomic E-state index is 11.9. The van der Waals surface area contributed by atoms with Crippen molar-refractivity contribution in [2.45, 2.75) is 31.8 Å². The summed E-state index contributed by atoms with van der Waals surface area (Å²) in [6, 6.07) is 0. The second-order valence-corrected chi connectivity index (χ2v) is 5.30. The van der Waals surface area contributed by atoms with Crippen LogP contribution in [0.25, 0.3) is 0 Å². The zero-order valence-corrected chi connectivity index (χ0v) is 11.3. The number of nitrogens with two attached hydrogens (primary N) is 1. The van der Waals surface area contributed by atoms with Gasteiger partial charge in [0.2, 0.25) is 11.8 Å². The van der Waals surface area contributed by atoms with E-state index in [1.54, 1.807) is 4.90 Å². The number of nitrogens with one attached hydrogen (secondary N) is 1. The number of piperidine rings is 1. The Morgan fingerprint density at radius 1 is 1.26 bits per heavy atom. The molecule has 3 N–H and O–H groups in total. The van der Waals surface area contributed by atoms with Gasteiger partial charge in [-0.1, -0.05) is 0 Å². The standard InChI is InChI=1S/C13H23N3O3/c14-13(18)10-3-7-16(9-10)12(17)4-8-19-11-1-5-15-6-2-11/h10-11,15H,1-9H2,(H2,14,18). The monoisotopic (exact) mass is 269 g/mol. The topological polar surface area (TPSA) is 84.7 Å². The molecular weight excluding hydrogens is 246 g/mol. The molecule has 0 spiro atoms. The Morgan fingerprint density at radius 2 is 2.00 bits per heavy atom. The van der Waals surface area contributed by atoms with Gasteiger partial charge in [-0.15, -0.1) is 0 Å². The smallest absolute Gasteiger partial charge is 0.224 e. The van der Waals surface area contributed by atoms with Gasteiger partial charge in [-0.3, -0.25) is 9.59 Å². The van der Waals surface area contributed by atoms with Gasteiger partial charge in [0.05, 0.1) is 25.0 Å². The van der Waals surface area contributed by atoms with Crippen LogP contribution in [0.5, 0.6) is 0 Å². The Bertz CT molecular complexity index is 329. The number of carbonyl (C=O) groups is 2. The van der Waals surface area contributed by atoms with Crippen molar-refractivity contribution in [2.75, 3.05) is 32.8 Å². The number of hydrogen-bond acceptors (Lipinski definition) is 4. The maximum Gasteiger partial charge on any atom is 0.224 e. The maximum atomic E-state index is 11.9. The molecular formula is C13H23N3O3. The second kappa shape index (κ2) is 6.86. The first-order valence-electron chi connectivity index (χ1n) is 7.06. The third kappa shape index (κ3) is 4.18. The van der Waals surface area contributed by atoms with Crippen LogP contribution in [0.3, 0.4) is 0 Å². The van der Waals surface area contributed by atoms with Crippen LogP contribution < -0.4 is 11.1 Å². The summed E-state index contributed by atoms with van der Waals surface area (Å²) in [7, 11) is 0. The van der Waals surface area contributed by atoms with Crippen LogP contribution in [-0.2, 0) is 14.3 Å². The molecule has 108 valence electrons. The summed E-state index contributed by atoms with van der Waals surface area (Å²) in [6.07, 6.45) is 3.40. The van der Waals surface area contributed by atoms with Crippen molar-refractivity contribution in [1.29, 1.82) is 0 Å². The summed E-state index contributed by atoms with van der Waals surface area (Å²) in [5, 5.41) is 3.28. The van der Waals surface area contributed by atoms with E-state index in [1.807, 2.05) is 0 Å². The first-order valence-corrected chi connectivity index (χ1v) is 7.06. The molecule has 0 bridgehead atoms. The predicted molar refractivity (Wildman–Crippen MR) is 70.3 cm³/mol. The van der Waals surface area contributed by atoms with Crippen LogP contribution in [0, 0.1) is 5.92 Å². The van der Waals surface area contributed by atoms with E-state index in [2.05, 4.69) is 5.32 Å². The lowest BCUT2D eigenvalue weighted by molar-refractivity contribution is -0.132. The minimum atomic E-state index is -0.304. The molecule has 6 heteroatoms. The highest BCUT2D eigenvalue weighted by molar-refractivity contribution is 5.81. The minimum absolute atomic E-state index is 0.0673. The fourth-order valence-electron chi connectivity index (χ4n) is 2.65. The third-order valence-corrected chi connectivity index (χ3v) is 3.90. The molecule has 2 saturated heterocycles. The predicted octanol–water partition coefficient (Wildman–Crippen LogP) is -0.521. The number of amides is 2. The van der Waals surface area contributed by atoms with E-state index in [0.717, 1.165) is 25.9 Å². The number of hydrogen-bond donors (Lipinski definition) is 2. The molecule has 2 heterocycles. The molecule has 0 aromatic rings. The molecule has 0 aromatic heterocycles. The zero-order valence-electron chi connectivity index (χ0n) is 11.3. The van der Waals surface area contributed by atoms with E-state index >= 15 is 0 Å². The molecule has 2 aliphatic heterocycles. The first-order chi connectivity index (χ1) is 9.16. The molecule has 0 radical (unpaired) electrons. The van der Waals surface area contributed by atoms with Gasteiger partial charge in [0.1, 0.15) is 0 Å². The van der Waals surface area contributed by atoms with Gasteiger partial charge >= 0.3 is 0 Å². The van der Waals surface area contributed by atoms with Crippen LogP contribution >= 0.6 is 0 Å². The largest absolute Gasteiger partial charge is 0.378 e. The van der Waals surface area contributed by atoms with Gasteiger partial charge in [0.15, 0.2) is 0 Å². The van der Waals surface area contributed by atoms with E-state index in [0.29, 0.717) is 32.5 Å². The van der Waals surface area contributed by atoms with Crippen LogP contribution in [0.4, 0.5) is 0 Å². The van der Waals surface area contributed by atoms with Gasteiger partial charge in [0, 0.05) is 13.1 Å². The van der Waals surface area contributed by atoms with Gasteiger partial charge in [0.25, 0.3) is 0 Å². The van der Waals surface area contributed by atoms with Crippen molar-refractivity contribution in [1.82, 2.24) is 10.2 Å². The molecule has 6 nitrogen and oxygen atoms in total. The highest BCUT2D eigenvalue weighted by Gasteiger charge is 2.29. The van der Waals surface area contributed by atoms with Gasteiger partial charge < -0.3 is 20.7 Å². The summed E-state index contributed by atoms with van der Waals surface area (Å²) in [5.41, 5.74) is 5.25. The molecule has 2 aliphatic rings. The normalized spacial score (nSPS) is 24.6. The van der Waals surface area contributed by atoms with Gasteiger partial charge in [-0.25, -0.2) is 0 Å². The second-order valence-electron chi connectivity index (χ2n) is 5.30. The number of nitrogens with zero attached hydrogens (tertiary/aromatic N) is 1. The van der Waals surface area contributed by atoms with E-state index in [1.165, 1.54) is 0 Å². The fraction of sp³-hybridized carbons (Fsp3) is 0.846. The Kier molecular flexibility index (Phi) is 5.15. The molecule has 1 unspecified atom stereocenters. The Labute approximate surface area is 113 Å². The highest BCUT2D eigenvalue weighted by Crippen LogP contribution is 2.16. The minimum Gasteiger partial charge on any atom is -0.378 e. The quantitative estimate of drug-likeness (QED) is 0.703. The molecule has 0 aliphatic carbocycles. The average Bonchev–Trinajstić information content (AvgIpc) is 2.89. The number of carbonyl (C=O) groups excluding carboxylic acids is 2. The van der Waals surface area contributed by atoms with Crippen LogP contribution in [0.15, 0.2) is 0 Å². The summed E-state index contributed by atoms with van der Waals surface area (Å²) in [5.74, 6) is -0.409. The lowest BCUT2D eigenvalue weighted by atomic mass is 10.1. The number of rotatable bonds is 5. The molecule has 0 aromatic carbocycles. The molecule has 0 saturated carbocycles. The van der Waals surface area contributed by atoms with E-state index in [9.17, 15) is 9.59 Å². The van der Waals surface area contributed by atoms with Crippen molar-refractivity contribution in [3.8, 4) is 0 Å². The first kappa shape index (κ1) is 14.3. The average molecular weight is 269 g/mol. The molecule has 19 heavy (non-hydrogen) atoms. The van der Waals surface area contributed by atoms with Crippen LogP contribution in [0.1, 0.15) is 25.7 Å². The lowest BCUT2D eigenvalue weighted by Crippen LogP contribution is -2.34. The Morgan fingerprint density at radius 3 is 2.63 bits per heavy atom. The third-order valence-electron chi connectivity index (χ3n) is 3.90. The number of likely N-dealkylation sites (tertiary alicyclic amines) is 1. The SMILES string of the molecule is NC(=O)C1CCN(C(=O)CCOC2CCNCC2)C1. The lowest BCUT2D eigenvalue weighted by Gasteiger charge is -2.23. The van der Waals surface area contributed by atoms with Crippen molar-refractivity contribution >= 4 is 11.8 Å². The van der Waals surface area contributed by atoms with Crippen molar-refractivity contribution in [2.24, 2.45) is 11.7 Å². The molecule has 2 fully saturated rings. The number of primary amides is 1. The highest BCUT2D eigenvalue weighted by atomic mass is 16.5. The summed E-state index contributed by atoms with van der Waals surface area (Å²) in [4.78, 5) is 24.7. The Balaban J connectivity index is 1.63. The van der Waals surface area contributed by atoms with Crippen molar-refractivity contribution in [3.63, 3.8) is 0 Å². The molecule has 2 rings (SSSR count). The van der Waals surface area contributed by atoms with Crippen molar-refractivity contribution < 1.29 is 14.3 Å². The number of ether oxygens (including phenoxy) is 1. The fourth-order valence-corrected chi connectivity index (χ4v) is 2.65. The molecule has 1 atom stereocenters. The van der Waals surface area contributed by atoms with Gasteiger partial charge in [-0.2, -0.15) is 0 Å². The van der Waals surface area contributed by atoms with Crippen molar-refractivity contribution in [3.05, 3.63) is 0 Å². The Hall–Kier alpha value is -1.14.